The van der Waals surface area contributed by atoms with Crippen LogP contribution < -0.4 is 0 Å². The maximum Gasteiger partial charge on any atom is 0.137 e. The summed E-state index contributed by atoms with van der Waals surface area (Å²) in [6, 6.07) is 2.08. The zero-order valence-electron chi connectivity index (χ0n) is 6.89. The van der Waals surface area contributed by atoms with Crippen molar-refractivity contribution in [3.8, 4) is 0 Å². The molecular formula is C9H12OS. The summed E-state index contributed by atoms with van der Waals surface area (Å²) in [6.07, 6.45) is 1.27. The standard InChI is InChI=1S/C9H12OS/c1-3-8(10)5-9-4-7(2)6-11-9/h4,6H,3,5H2,1-2H3. The number of rotatable bonds is 3. The lowest BCUT2D eigenvalue weighted by atomic mass is 10.2. The molecule has 0 aliphatic heterocycles. The van der Waals surface area contributed by atoms with Crippen molar-refractivity contribution in [2.24, 2.45) is 0 Å². The van der Waals surface area contributed by atoms with E-state index in [0.717, 1.165) is 0 Å². The van der Waals surface area contributed by atoms with Gasteiger partial charge in [-0.1, -0.05) is 6.92 Å². The molecule has 2 heteroatoms. The highest BCUT2D eigenvalue weighted by molar-refractivity contribution is 7.10. The highest BCUT2D eigenvalue weighted by Crippen LogP contribution is 2.14. The van der Waals surface area contributed by atoms with E-state index in [9.17, 15) is 4.79 Å². The Labute approximate surface area is 71.1 Å². The van der Waals surface area contributed by atoms with Crippen LogP contribution in [0.3, 0.4) is 0 Å². The Bertz CT molecular complexity index is 250. The van der Waals surface area contributed by atoms with E-state index in [-0.39, 0.29) is 0 Å². The number of hydrogen-bond donors (Lipinski definition) is 0. The molecule has 11 heavy (non-hydrogen) atoms. The van der Waals surface area contributed by atoms with Crippen LogP contribution >= 0.6 is 11.3 Å². The van der Waals surface area contributed by atoms with Crippen molar-refractivity contribution < 1.29 is 4.79 Å². The Hall–Kier alpha value is -0.630. The molecule has 1 heterocycles. The minimum atomic E-state index is 0.326. The fourth-order valence-electron chi connectivity index (χ4n) is 0.903. The molecule has 0 radical (unpaired) electrons. The van der Waals surface area contributed by atoms with Crippen molar-refractivity contribution in [3.05, 3.63) is 21.9 Å². The minimum Gasteiger partial charge on any atom is -0.299 e. The quantitative estimate of drug-likeness (QED) is 0.678. The molecule has 1 rings (SSSR count). The first kappa shape index (κ1) is 8.47. The van der Waals surface area contributed by atoms with Gasteiger partial charge in [-0.15, -0.1) is 11.3 Å². The van der Waals surface area contributed by atoms with Gasteiger partial charge in [-0.25, -0.2) is 0 Å². The van der Waals surface area contributed by atoms with E-state index in [2.05, 4.69) is 18.4 Å². The molecule has 0 saturated heterocycles. The number of carbonyl (C=O) groups excluding carboxylic acids is 1. The second-order valence-electron chi connectivity index (χ2n) is 2.66. The molecule has 1 nitrogen and oxygen atoms in total. The Morgan fingerprint density at radius 1 is 1.64 bits per heavy atom. The van der Waals surface area contributed by atoms with Crippen LogP contribution in [0.15, 0.2) is 11.4 Å². The van der Waals surface area contributed by atoms with Crippen LogP contribution in [0.25, 0.3) is 0 Å². The SMILES string of the molecule is CCC(=O)Cc1cc(C)cs1. The number of hydrogen-bond acceptors (Lipinski definition) is 2. The predicted octanol–water partition coefficient (Wildman–Crippen LogP) is 2.58. The molecule has 1 aromatic heterocycles. The summed E-state index contributed by atoms with van der Waals surface area (Å²) >= 11 is 1.67. The van der Waals surface area contributed by atoms with Crippen molar-refractivity contribution in [3.63, 3.8) is 0 Å². The lowest BCUT2D eigenvalue weighted by molar-refractivity contribution is -0.118. The van der Waals surface area contributed by atoms with Crippen molar-refractivity contribution in [2.45, 2.75) is 26.7 Å². The third-order valence-corrected chi connectivity index (χ3v) is 2.61. The van der Waals surface area contributed by atoms with Crippen molar-refractivity contribution in [1.29, 1.82) is 0 Å². The van der Waals surface area contributed by atoms with E-state index in [1.165, 1.54) is 10.4 Å². The molecule has 0 fully saturated rings. The second kappa shape index (κ2) is 3.67. The highest BCUT2D eigenvalue weighted by atomic mass is 32.1. The summed E-state index contributed by atoms with van der Waals surface area (Å²) < 4.78 is 0. The molecular weight excluding hydrogens is 156 g/mol. The van der Waals surface area contributed by atoms with Crippen LogP contribution in [0, 0.1) is 6.92 Å². The van der Waals surface area contributed by atoms with Crippen molar-refractivity contribution in [1.82, 2.24) is 0 Å². The zero-order chi connectivity index (χ0) is 8.27. The zero-order valence-corrected chi connectivity index (χ0v) is 7.70. The van der Waals surface area contributed by atoms with E-state index in [1.54, 1.807) is 11.3 Å². The normalized spacial score (nSPS) is 10.0. The summed E-state index contributed by atoms with van der Waals surface area (Å²) in [5, 5.41) is 2.08. The Balaban J connectivity index is 2.57. The van der Waals surface area contributed by atoms with Gasteiger partial charge >= 0.3 is 0 Å². The first-order valence-electron chi connectivity index (χ1n) is 3.78. The van der Waals surface area contributed by atoms with Gasteiger partial charge in [0, 0.05) is 17.7 Å². The van der Waals surface area contributed by atoms with Crippen LogP contribution in [0.2, 0.25) is 0 Å². The van der Waals surface area contributed by atoms with E-state index < -0.39 is 0 Å². The van der Waals surface area contributed by atoms with Crippen LogP contribution in [-0.4, -0.2) is 5.78 Å². The van der Waals surface area contributed by atoms with Crippen LogP contribution in [-0.2, 0) is 11.2 Å². The van der Waals surface area contributed by atoms with Gasteiger partial charge in [-0.05, 0) is 23.9 Å². The molecule has 0 atom stereocenters. The second-order valence-corrected chi connectivity index (χ2v) is 3.66. The summed E-state index contributed by atoms with van der Waals surface area (Å²) in [4.78, 5) is 12.2. The van der Waals surface area contributed by atoms with Crippen LogP contribution in [0.4, 0.5) is 0 Å². The number of carbonyl (C=O) groups is 1. The lowest BCUT2D eigenvalue weighted by Gasteiger charge is -1.91. The van der Waals surface area contributed by atoms with Crippen molar-refractivity contribution in [2.75, 3.05) is 0 Å². The number of aryl methyl sites for hydroxylation is 1. The lowest BCUT2D eigenvalue weighted by Crippen LogP contribution is -1.97. The Kier molecular flexibility index (Phi) is 2.83. The minimum absolute atomic E-state index is 0.326. The molecule has 0 saturated carbocycles. The number of Topliss-reactive ketones (excluding diaryl/α,β-unsaturated/α-hetero) is 1. The van der Waals surface area contributed by atoms with E-state index >= 15 is 0 Å². The maximum absolute atomic E-state index is 11.0. The first-order valence-corrected chi connectivity index (χ1v) is 4.66. The van der Waals surface area contributed by atoms with Gasteiger partial charge in [0.1, 0.15) is 5.78 Å². The molecule has 0 aromatic carbocycles. The Morgan fingerprint density at radius 2 is 2.36 bits per heavy atom. The van der Waals surface area contributed by atoms with E-state index in [4.69, 9.17) is 0 Å². The Morgan fingerprint density at radius 3 is 2.82 bits per heavy atom. The van der Waals surface area contributed by atoms with E-state index in [1.807, 2.05) is 6.92 Å². The number of thiophene rings is 1. The topological polar surface area (TPSA) is 17.1 Å². The third-order valence-electron chi connectivity index (χ3n) is 1.55. The molecule has 0 aliphatic carbocycles. The molecule has 0 N–H and O–H groups in total. The number of ketones is 1. The van der Waals surface area contributed by atoms with Gasteiger partial charge in [0.15, 0.2) is 0 Å². The average molecular weight is 168 g/mol. The highest BCUT2D eigenvalue weighted by Gasteiger charge is 2.01. The first-order chi connectivity index (χ1) is 5.22. The van der Waals surface area contributed by atoms with Gasteiger partial charge in [0.2, 0.25) is 0 Å². The summed E-state index contributed by atoms with van der Waals surface area (Å²) in [7, 11) is 0. The fourth-order valence-corrected chi connectivity index (χ4v) is 1.81. The fraction of sp³-hybridized carbons (Fsp3) is 0.444. The van der Waals surface area contributed by atoms with Gasteiger partial charge in [0.05, 0.1) is 0 Å². The summed E-state index contributed by atoms with van der Waals surface area (Å²) in [6.45, 7) is 3.96. The largest absolute Gasteiger partial charge is 0.299 e. The molecule has 0 spiro atoms. The van der Waals surface area contributed by atoms with Gasteiger partial charge < -0.3 is 0 Å². The summed E-state index contributed by atoms with van der Waals surface area (Å²) in [5.41, 5.74) is 1.26. The molecule has 1 aromatic rings. The maximum atomic E-state index is 11.0. The van der Waals surface area contributed by atoms with Gasteiger partial charge in [-0.2, -0.15) is 0 Å². The van der Waals surface area contributed by atoms with Crippen LogP contribution in [0.1, 0.15) is 23.8 Å². The van der Waals surface area contributed by atoms with Crippen LogP contribution in [0.5, 0.6) is 0 Å². The molecule has 0 unspecified atom stereocenters. The smallest absolute Gasteiger partial charge is 0.137 e. The van der Waals surface area contributed by atoms with E-state index in [0.29, 0.717) is 18.6 Å². The average Bonchev–Trinajstić information content (AvgIpc) is 2.35. The molecule has 0 amide bonds. The van der Waals surface area contributed by atoms with Crippen molar-refractivity contribution >= 4 is 17.1 Å². The predicted molar refractivity (Wildman–Crippen MR) is 48.1 cm³/mol. The molecule has 60 valence electrons. The monoisotopic (exact) mass is 168 g/mol. The molecule has 0 aliphatic rings. The summed E-state index contributed by atoms with van der Waals surface area (Å²) in [5.74, 6) is 0.326. The van der Waals surface area contributed by atoms with Gasteiger partial charge in [-0.3, -0.25) is 4.79 Å². The third kappa shape index (κ3) is 2.46. The molecule has 0 bridgehead atoms. The van der Waals surface area contributed by atoms with Gasteiger partial charge in [0.25, 0.3) is 0 Å².